The smallest absolute Gasteiger partial charge is 0.261 e. The number of carbonyl (C=O) groups is 1. The van der Waals surface area contributed by atoms with Gasteiger partial charge < -0.3 is 14.6 Å². The van der Waals surface area contributed by atoms with Crippen LogP contribution in [0.4, 0.5) is 5.69 Å². The maximum Gasteiger partial charge on any atom is 0.261 e. The van der Waals surface area contributed by atoms with Crippen molar-refractivity contribution in [3.63, 3.8) is 0 Å². The van der Waals surface area contributed by atoms with Crippen LogP contribution in [0.15, 0.2) is 53.1 Å². The van der Waals surface area contributed by atoms with Crippen LogP contribution < -0.4 is 10.1 Å². The fraction of sp³-hybridized carbons (Fsp3) is 0.158. The predicted octanol–water partition coefficient (Wildman–Crippen LogP) is 4.95. The Bertz CT molecular complexity index is 905. The molecule has 0 aliphatic heterocycles. The van der Waals surface area contributed by atoms with Crippen LogP contribution in [0.2, 0.25) is 5.02 Å². The highest BCUT2D eigenvalue weighted by Crippen LogP contribution is 2.32. The Kier molecular flexibility index (Phi) is 5.05. The molecule has 6 heteroatoms. The van der Waals surface area contributed by atoms with Crippen molar-refractivity contribution in [2.45, 2.75) is 13.8 Å². The van der Waals surface area contributed by atoms with Gasteiger partial charge in [-0.2, -0.15) is 0 Å². The van der Waals surface area contributed by atoms with Crippen molar-refractivity contribution in [2.75, 3.05) is 11.9 Å². The molecule has 0 spiro atoms. The Balaban J connectivity index is 1.97. The van der Waals surface area contributed by atoms with Crippen LogP contribution >= 0.6 is 11.6 Å². The Morgan fingerprint density at radius 2 is 1.92 bits per heavy atom. The molecule has 0 aliphatic carbocycles. The van der Waals surface area contributed by atoms with E-state index in [1.807, 2.05) is 31.2 Å². The Morgan fingerprint density at radius 3 is 2.68 bits per heavy atom. The molecular formula is C19H17ClN2O3. The van der Waals surface area contributed by atoms with E-state index >= 15 is 0 Å². The number of aryl methyl sites for hydroxylation is 1. The SMILES string of the molecule is CCOc1ccccc1NC(=O)c1c(-c2ccccc2Cl)noc1C. The van der Waals surface area contributed by atoms with Crippen LogP contribution in [0.5, 0.6) is 5.75 Å². The maximum absolute atomic E-state index is 12.8. The maximum atomic E-state index is 12.8. The standard InChI is InChI=1S/C19H17ClN2O3/c1-3-24-16-11-7-6-10-15(16)21-19(23)17-12(2)25-22-18(17)13-8-4-5-9-14(13)20/h4-11H,3H2,1-2H3,(H,21,23). The first-order valence-electron chi connectivity index (χ1n) is 7.86. The summed E-state index contributed by atoms with van der Waals surface area (Å²) in [5.41, 5.74) is 1.98. The second-order valence-electron chi connectivity index (χ2n) is 5.33. The van der Waals surface area contributed by atoms with Gasteiger partial charge in [0.1, 0.15) is 22.8 Å². The average molecular weight is 357 g/mol. The number of nitrogens with zero attached hydrogens (tertiary/aromatic N) is 1. The number of rotatable bonds is 5. The number of nitrogens with one attached hydrogen (secondary N) is 1. The summed E-state index contributed by atoms with van der Waals surface area (Å²) in [7, 11) is 0. The van der Waals surface area contributed by atoms with Crippen molar-refractivity contribution in [3.05, 3.63) is 64.9 Å². The molecule has 3 rings (SSSR count). The van der Waals surface area contributed by atoms with E-state index in [4.69, 9.17) is 20.9 Å². The Morgan fingerprint density at radius 1 is 1.20 bits per heavy atom. The monoisotopic (exact) mass is 356 g/mol. The molecule has 3 aromatic rings. The summed E-state index contributed by atoms with van der Waals surface area (Å²) in [6, 6.07) is 14.4. The lowest BCUT2D eigenvalue weighted by molar-refractivity contribution is 0.102. The van der Waals surface area contributed by atoms with Gasteiger partial charge in [-0.3, -0.25) is 4.79 Å². The molecule has 1 N–H and O–H groups in total. The number of carbonyl (C=O) groups excluding carboxylic acids is 1. The third kappa shape index (κ3) is 3.51. The van der Waals surface area contributed by atoms with Gasteiger partial charge in [-0.25, -0.2) is 0 Å². The second-order valence-corrected chi connectivity index (χ2v) is 5.73. The Hall–Kier alpha value is -2.79. The molecule has 25 heavy (non-hydrogen) atoms. The first-order valence-corrected chi connectivity index (χ1v) is 8.24. The summed E-state index contributed by atoms with van der Waals surface area (Å²) >= 11 is 6.24. The van der Waals surface area contributed by atoms with Gasteiger partial charge >= 0.3 is 0 Å². The van der Waals surface area contributed by atoms with Crippen molar-refractivity contribution in [2.24, 2.45) is 0 Å². The van der Waals surface area contributed by atoms with Crippen LogP contribution in [0.3, 0.4) is 0 Å². The molecule has 5 nitrogen and oxygen atoms in total. The highest BCUT2D eigenvalue weighted by atomic mass is 35.5. The lowest BCUT2D eigenvalue weighted by atomic mass is 10.1. The molecule has 2 aromatic carbocycles. The van der Waals surface area contributed by atoms with Crippen molar-refractivity contribution >= 4 is 23.2 Å². The van der Waals surface area contributed by atoms with Gasteiger partial charge in [-0.1, -0.05) is 47.1 Å². The normalized spacial score (nSPS) is 10.5. The average Bonchev–Trinajstić information content (AvgIpc) is 2.99. The summed E-state index contributed by atoms with van der Waals surface area (Å²) < 4.78 is 10.8. The zero-order valence-electron chi connectivity index (χ0n) is 13.9. The largest absolute Gasteiger partial charge is 0.492 e. The fourth-order valence-electron chi connectivity index (χ4n) is 2.51. The van der Waals surface area contributed by atoms with Gasteiger partial charge in [0.25, 0.3) is 5.91 Å². The molecular weight excluding hydrogens is 340 g/mol. The van der Waals surface area contributed by atoms with Gasteiger partial charge in [-0.15, -0.1) is 0 Å². The number of halogens is 1. The number of hydrogen-bond acceptors (Lipinski definition) is 4. The number of anilines is 1. The van der Waals surface area contributed by atoms with Crippen molar-refractivity contribution < 1.29 is 14.1 Å². The molecule has 0 unspecified atom stereocenters. The number of hydrogen-bond donors (Lipinski definition) is 1. The van der Waals surface area contributed by atoms with E-state index in [-0.39, 0.29) is 5.91 Å². The van der Waals surface area contributed by atoms with E-state index in [0.717, 1.165) is 0 Å². The number of para-hydroxylation sites is 2. The molecule has 0 saturated heterocycles. The van der Waals surface area contributed by atoms with Gasteiger partial charge in [0.15, 0.2) is 0 Å². The summed E-state index contributed by atoms with van der Waals surface area (Å²) in [4.78, 5) is 12.8. The molecule has 1 heterocycles. The van der Waals surface area contributed by atoms with Crippen molar-refractivity contribution in [1.82, 2.24) is 5.16 Å². The predicted molar refractivity (Wildman–Crippen MR) is 97.3 cm³/mol. The minimum Gasteiger partial charge on any atom is -0.492 e. The fourth-order valence-corrected chi connectivity index (χ4v) is 2.74. The van der Waals surface area contributed by atoms with Gasteiger partial charge in [0.05, 0.1) is 17.3 Å². The second kappa shape index (κ2) is 7.40. The molecule has 128 valence electrons. The summed E-state index contributed by atoms with van der Waals surface area (Å²) in [5, 5.41) is 7.38. The van der Waals surface area contributed by atoms with E-state index in [9.17, 15) is 4.79 Å². The number of amides is 1. The van der Waals surface area contributed by atoms with Gasteiger partial charge in [0, 0.05) is 5.56 Å². The number of benzene rings is 2. The molecule has 1 amide bonds. The number of ether oxygens (including phenoxy) is 1. The van der Waals surface area contributed by atoms with E-state index in [1.54, 1.807) is 31.2 Å². The third-order valence-electron chi connectivity index (χ3n) is 3.65. The van der Waals surface area contributed by atoms with Crippen molar-refractivity contribution in [3.8, 4) is 17.0 Å². The van der Waals surface area contributed by atoms with E-state index < -0.39 is 0 Å². The highest BCUT2D eigenvalue weighted by Gasteiger charge is 2.23. The molecule has 0 radical (unpaired) electrons. The highest BCUT2D eigenvalue weighted by molar-refractivity contribution is 6.33. The van der Waals surface area contributed by atoms with E-state index in [1.165, 1.54) is 0 Å². The zero-order valence-corrected chi connectivity index (χ0v) is 14.6. The third-order valence-corrected chi connectivity index (χ3v) is 3.98. The molecule has 0 atom stereocenters. The lowest BCUT2D eigenvalue weighted by Crippen LogP contribution is -2.14. The van der Waals surface area contributed by atoms with Crippen LogP contribution in [-0.4, -0.2) is 17.7 Å². The van der Waals surface area contributed by atoms with E-state index in [2.05, 4.69) is 10.5 Å². The van der Waals surface area contributed by atoms with Crippen LogP contribution in [-0.2, 0) is 0 Å². The minimum absolute atomic E-state index is 0.333. The number of aromatic nitrogens is 1. The summed E-state index contributed by atoms with van der Waals surface area (Å²) in [5.74, 6) is 0.689. The van der Waals surface area contributed by atoms with Crippen molar-refractivity contribution in [1.29, 1.82) is 0 Å². The van der Waals surface area contributed by atoms with Gasteiger partial charge in [0.2, 0.25) is 0 Å². The first kappa shape index (κ1) is 17.0. The lowest BCUT2D eigenvalue weighted by Gasteiger charge is -2.11. The van der Waals surface area contributed by atoms with Crippen LogP contribution in [0.25, 0.3) is 11.3 Å². The van der Waals surface area contributed by atoms with Gasteiger partial charge in [-0.05, 0) is 32.0 Å². The summed E-state index contributed by atoms with van der Waals surface area (Å²) in [6.45, 7) is 4.08. The topological polar surface area (TPSA) is 64.4 Å². The molecule has 0 saturated carbocycles. The first-order chi connectivity index (χ1) is 12.1. The van der Waals surface area contributed by atoms with E-state index in [0.29, 0.717) is 45.6 Å². The van der Waals surface area contributed by atoms with Crippen LogP contribution in [0, 0.1) is 6.92 Å². The van der Waals surface area contributed by atoms with Crippen LogP contribution in [0.1, 0.15) is 23.0 Å². The molecule has 0 aliphatic rings. The molecule has 0 bridgehead atoms. The zero-order chi connectivity index (χ0) is 17.8. The quantitative estimate of drug-likeness (QED) is 0.702. The minimum atomic E-state index is -0.333. The molecule has 0 fully saturated rings. The molecule has 1 aromatic heterocycles. The summed E-state index contributed by atoms with van der Waals surface area (Å²) in [6.07, 6.45) is 0. The Labute approximate surface area is 150 Å².